The van der Waals surface area contributed by atoms with E-state index in [1.807, 2.05) is 46.6 Å². The number of pyridine rings is 1. The zero-order chi connectivity index (χ0) is 15.9. The second kappa shape index (κ2) is 7.63. The molecule has 0 saturated carbocycles. The number of nitrogens with zero attached hydrogens (tertiary/aromatic N) is 4. The molecule has 0 bridgehead atoms. The Hall–Kier alpha value is -2.56. The van der Waals surface area contributed by atoms with Crippen LogP contribution in [0.3, 0.4) is 0 Å². The van der Waals surface area contributed by atoms with Gasteiger partial charge in [0.2, 0.25) is 0 Å². The van der Waals surface area contributed by atoms with Crippen LogP contribution in [0.4, 0.5) is 11.5 Å². The quantitative estimate of drug-likeness (QED) is 0.782. The van der Waals surface area contributed by atoms with Crippen LogP contribution in [0, 0.1) is 0 Å². The summed E-state index contributed by atoms with van der Waals surface area (Å²) in [6.45, 7) is 2.23. The van der Waals surface area contributed by atoms with Crippen molar-refractivity contribution in [1.82, 2.24) is 10.4 Å². The van der Waals surface area contributed by atoms with Gasteiger partial charge in [-0.25, -0.2) is 4.98 Å². The maximum atomic E-state index is 4.72. The first-order valence-electron chi connectivity index (χ1n) is 8.29. The summed E-state index contributed by atoms with van der Waals surface area (Å²) in [5.41, 5.74) is 4.43. The minimum absolute atomic E-state index is 0.799. The Morgan fingerprint density at radius 1 is 0.957 bits per heavy atom. The van der Waals surface area contributed by atoms with E-state index in [0.717, 1.165) is 30.2 Å². The molecular weight excluding hydrogens is 286 g/mol. The topological polar surface area (TPSA) is 43.8 Å². The van der Waals surface area contributed by atoms with Crippen LogP contribution >= 0.6 is 0 Å². The van der Waals surface area contributed by atoms with Gasteiger partial charge < -0.3 is 0 Å². The molecule has 0 spiro atoms. The number of hydrogen-bond acceptors (Lipinski definition) is 5. The SMILES string of the molecule is CCCCCCC1=NN(c2ccccn2)N(c2ccccc2)N1. The summed E-state index contributed by atoms with van der Waals surface area (Å²) in [4.78, 5) is 4.42. The van der Waals surface area contributed by atoms with Crippen molar-refractivity contribution in [2.24, 2.45) is 5.10 Å². The molecule has 0 radical (unpaired) electrons. The Morgan fingerprint density at radius 3 is 2.52 bits per heavy atom. The molecule has 0 aliphatic carbocycles. The number of unbranched alkanes of at least 4 members (excludes halogenated alkanes) is 3. The highest BCUT2D eigenvalue weighted by molar-refractivity contribution is 5.88. The smallest absolute Gasteiger partial charge is 0.174 e. The standard InChI is InChI=1S/C18H23N5/c1-2-3-4-8-13-17-20-22(16-11-6-5-7-12-16)23(21-17)18-14-9-10-15-19-18/h5-7,9-12,14-15H,2-4,8,13H2,1H3,(H,20,21). The Morgan fingerprint density at radius 2 is 1.78 bits per heavy atom. The molecule has 0 fully saturated rings. The van der Waals surface area contributed by atoms with Crippen molar-refractivity contribution in [3.8, 4) is 0 Å². The van der Waals surface area contributed by atoms with E-state index >= 15 is 0 Å². The molecule has 1 aliphatic rings. The largest absolute Gasteiger partial charge is 0.263 e. The Labute approximate surface area is 137 Å². The lowest BCUT2D eigenvalue weighted by molar-refractivity contribution is 0.677. The maximum Gasteiger partial charge on any atom is 0.174 e. The average molecular weight is 309 g/mol. The average Bonchev–Trinajstić information content (AvgIpc) is 3.05. The van der Waals surface area contributed by atoms with Gasteiger partial charge in [-0.3, -0.25) is 5.43 Å². The lowest BCUT2D eigenvalue weighted by atomic mass is 10.1. The molecule has 23 heavy (non-hydrogen) atoms. The molecule has 3 rings (SSSR count). The Bertz CT molecular complexity index is 626. The molecule has 1 N–H and O–H groups in total. The summed E-state index contributed by atoms with van der Waals surface area (Å²) in [7, 11) is 0. The molecule has 0 amide bonds. The van der Waals surface area contributed by atoms with E-state index in [1.54, 1.807) is 6.20 Å². The minimum atomic E-state index is 0.799. The van der Waals surface area contributed by atoms with E-state index in [0.29, 0.717) is 0 Å². The fourth-order valence-electron chi connectivity index (χ4n) is 2.55. The minimum Gasteiger partial charge on any atom is -0.263 e. The van der Waals surface area contributed by atoms with E-state index < -0.39 is 0 Å². The van der Waals surface area contributed by atoms with E-state index in [9.17, 15) is 0 Å². The first-order valence-corrected chi connectivity index (χ1v) is 8.29. The lowest BCUT2D eigenvalue weighted by Crippen LogP contribution is -2.44. The van der Waals surface area contributed by atoms with Crippen LogP contribution in [0.15, 0.2) is 59.8 Å². The van der Waals surface area contributed by atoms with Gasteiger partial charge in [0.1, 0.15) is 5.84 Å². The predicted octanol–water partition coefficient (Wildman–Crippen LogP) is 4.11. The molecule has 1 aromatic carbocycles. The number of hydrazone groups is 1. The number of anilines is 2. The molecule has 2 aromatic rings. The normalized spacial score (nSPS) is 13.9. The monoisotopic (exact) mass is 309 g/mol. The highest BCUT2D eigenvalue weighted by Gasteiger charge is 2.25. The highest BCUT2D eigenvalue weighted by Crippen LogP contribution is 2.23. The van der Waals surface area contributed by atoms with Crippen LogP contribution in [-0.2, 0) is 0 Å². The number of amidine groups is 1. The van der Waals surface area contributed by atoms with Crippen LogP contribution in [-0.4, -0.2) is 10.8 Å². The second-order valence-corrected chi connectivity index (χ2v) is 5.59. The maximum absolute atomic E-state index is 4.72. The first kappa shape index (κ1) is 15.3. The number of benzene rings is 1. The van der Waals surface area contributed by atoms with Gasteiger partial charge in [0.15, 0.2) is 5.82 Å². The van der Waals surface area contributed by atoms with Crippen LogP contribution < -0.4 is 15.7 Å². The van der Waals surface area contributed by atoms with E-state index in [-0.39, 0.29) is 0 Å². The molecule has 0 unspecified atom stereocenters. The van der Waals surface area contributed by atoms with Crippen molar-refractivity contribution in [3.05, 3.63) is 54.7 Å². The number of rotatable bonds is 7. The van der Waals surface area contributed by atoms with Gasteiger partial charge in [-0.1, -0.05) is 50.5 Å². The van der Waals surface area contributed by atoms with Gasteiger partial charge >= 0.3 is 0 Å². The van der Waals surface area contributed by atoms with Gasteiger partial charge in [-0.2, -0.15) is 5.12 Å². The molecule has 120 valence electrons. The Balaban J connectivity index is 1.77. The van der Waals surface area contributed by atoms with E-state index in [2.05, 4.69) is 29.5 Å². The number of aromatic nitrogens is 1. The Kier molecular flexibility index (Phi) is 5.09. The molecule has 1 aliphatic heterocycles. The van der Waals surface area contributed by atoms with Crippen molar-refractivity contribution in [3.63, 3.8) is 0 Å². The predicted molar refractivity (Wildman–Crippen MR) is 95.0 cm³/mol. The second-order valence-electron chi connectivity index (χ2n) is 5.59. The first-order chi connectivity index (χ1) is 11.4. The van der Waals surface area contributed by atoms with E-state index in [4.69, 9.17) is 5.10 Å². The van der Waals surface area contributed by atoms with Crippen LogP contribution in [0.1, 0.15) is 39.0 Å². The molecule has 1 aromatic heterocycles. The van der Waals surface area contributed by atoms with Crippen molar-refractivity contribution >= 4 is 17.3 Å². The van der Waals surface area contributed by atoms with Crippen molar-refractivity contribution in [2.45, 2.75) is 39.0 Å². The summed E-state index contributed by atoms with van der Waals surface area (Å²) < 4.78 is 0. The van der Waals surface area contributed by atoms with Crippen LogP contribution in [0.2, 0.25) is 0 Å². The summed E-state index contributed by atoms with van der Waals surface area (Å²) in [5.74, 6) is 1.78. The third kappa shape index (κ3) is 3.80. The highest BCUT2D eigenvalue weighted by atomic mass is 15.9. The molecular formula is C18H23N5. The number of para-hydroxylation sites is 1. The zero-order valence-corrected chi connectivity index (χ0v) is 13.5. The third-order valence-corrected chi connectivity index (χ3v) is 3.76. The third-order valence-electron chi connectivity index (χ3n) is 3.76. The van der Waals surface area contributed by atoms with Gasteiger partial charge in [-0.15, -0.1) is 10.2 Å². The van der Waals surface area contributed by atoms with Gasteiger partial charge in [-0.05, 0) is 30.7 Å². The van der Waals surface area contributed by atoms with E-state index in [1.165, 1.54) is 19.3 Å². The van der Waals surface area contributed by atoms with Gasteiger partial charge in [0.25, 0.3) is 0 Å². The summed E-state index contributed by atoms with van der Waals surface area (Å²) >= 11 is 0. The number of hydrazine groups is 2. The molecule has 5 heteroatoms. The van der Waals surface area contributed by atoms with Crippen molar-refractivity contribution < 1.29 is 0 Å². The fraction of sp³-hybridized carbons (Fsp3) is 0.333. The summed E-state index contributed by atoms with van der Waals surface area (Å²) in [5, 5.41) is 8.48. The molecule has 0 saturated heterocycles. The zero-order valence-electron chi connectivity index (χ0n) is 13.5. The number of hydrogen-bond donors (Lipinski definition) is 1. The molecule has 5 nitrogen and oxygen atoms in total. The molecule has 2 heterocycles. The summed E-state index contributed by atoms with van der Waals surface area (Å²) in [6.07, 6.45) is 7.65. The van der Waals surface area contributed by atoms with Gasteiger partial charge in [0, 0.05) is 12.6 Å². The molecule has 0 atom stereocenters. The summed E-state index contributed by atoms with van der Waals surface area (Å²) in [6, 6.07) is 16.0. The van der Waals surface area contributed by atoms with Crippen molar-refractivity contribution in [1.29, 1.82) is 0 Å². The number of nitrogens with one attached hydrogen (secondary N) is 1. The fourth-order valence-corrected chi connectivity index (χ4v) is 2.55. The van der Waals surface area contributed by atoms with Crippen molar-refractivity contribution in [2.75, 3.05) is 10.2 Å². The van der Waals surface area contributed by atoms with Gasteiger partial charge in [0.05, 0.1) is 5.69 Å². The van der Waals surface area contributed by atoms with Crippen LogP contribution in [0.5, 0.6) is 0 Å². The van der Waals surface area contributed by atoms with Crippen LogP contribution in [0.25, 0.3) is 0 Å². The lowest BCUT2D eigenvalue weighted by Gasteiger charge is -2.26.